The van der Waals surface area contributed by atoms with Gasteiger partial charge in [-0.15, -0.1) is 0 Å². The SMILES string of the molecule is CC1(C)CN(Cc2ccc(F)c(COc3cccc4c3CN([C@@H]3CCC(=O)NC3=O)C4=O)c2)CC(C)(C)O1. The molecule has 3 heterocycles. The van der Waals surface area contributed by atoms with Crippen LogP contribution in [0.15, 0.2) is 36.4 Å². The van der Waals surface area contributed by atoms with E-state index in [-0.39, 0.29) is 54.8 Å². The molecule has 8 nitrogen and oxygen atoms in total. The van der Waals surface area contributed by atoms with Crippen LogP contribution in [0, 0.1) is 5.82 Å². The molecule has 2 saturated heterocycles. The molecule has 2 aromatic rings. The van der Waals surface area contributed by atoms with E-state index in [1.165, 1.54) is 11.0 Å². The van der Waals surface area contributed by atoms with Crippen molar-refractivity contribution in [3.05, 3.63) is 64.5 Å². The molecule has 1 N–H and O–H groups in total. The van der Waals surface area contributed by atoms with Gasteiger partial charge in [0, 0.05) is 42.7 Å². The second kappa shape index (κ2) is 9.78. The quantitative estimate of drug-likeness (QED) is 0.583. The Morgan fingerprint density at radius 3 is 2.53 bits per heavy atom. The van der Waals surface area contributed by atoms with Gasteiger partial charge in [0.1, 0.15) is 24.2 Å². The highest BCUT2D eigenvalue weighted by atomic mass is 19.1. The first-order valence-electron chi connectivity index (χ1n) is 13.0. The summed E-state index contributed by atoms with van der Waals surface area (Å²) in [4.78, 5) is 40.8. The van der Waals surface area contributed by atoms with Crippen molar-refractivity contribution in [3.63, 3.8) is 0 Å². The summed E-state index contributed by atoms with van der Waals surface area (Å²) in [5.41, 5.74) is 1.98. The predicted molar refractivity (Wildman–Crippen MR) is 138 cm³/mol. The van der Waals surface area contributed by atoms with E-state index in [4.69, 9.17) is 9.47 Å². The lowest BCUT2D eigenvalue weighted by atomic mass is 9.98. The number of benzene rings is 2. The number of piperidine rings is 1. The largest absolute Gasteiger partial charge is 0.488 e. The number of carbonyl (C=O) groups is 3. The Morgan fingerprint density at radius 2 is 1.82 bits per heavy atom. The van der Waals surface area contributed by atoms with E-state index in [9.17, 15) is 18.8 Å². The van der Waals surface area contributed by atoms with E-state index < -0.39 is 11.9 Å². The summed E-state index contributed by atoms with van der Waals surface area (Å²) >= 11 is 0. The maximum absolute atomic E-state index is 14.8. The summed E-state index contributed by atoms with van der Waals surface area (Å²) in [7, 11) is 0. The average molecular weight is 524 g/mol. The Balaban J connectivity index is 1.29. The molecular formula is C29H34FN3O5. The van der Waals surface area contributed by atoms with Crippen molar-refractivity contribution in [3.8, 4) is 5.75 Å². The molecule has 0 spiro atoms. The molecule has 38 heavy (non-hydrogen) atoms. The topological polar surface area (TPSA) is 88.2 Å². The third-order valence-corrected chi connectivity index (χ3v) is 7.20. The number of hydrogen-bond acceptors (Lipinski definition) is 6. The van der Waals surface area contributed by atoms with Gasteiger partial charge in [-0.25, -0.2) is 4.39 Å². The third kappa shape index (κ3) is 5.44. The Labute approximate surface area is 222 Å². The van der Waals surface area contributed by atoms with Crippen molar-refractivity contribution >= 4 is 17.7 Å². The highest BCUT2D eigenvalue weighted by Crippen LogP contribution is 2.34. The number of fused-ring (bicyclic) bond motifs is 1. The van der Waals surface area contributed by atoms with E-state index in [1.807, 2.05) is 6.07 Å². The van der Waals surface area contributed by atoms with E-state index in [1.54, 1.807) is 24.3 Å². The highest BCUT2D eigenvalue weighted by Gasteiger charge is 2.40. The van der Waals surface area contributed by atoms with E-state index >= 15 is 0 Å². The lowest BCUT2D eigenvalue weighted by Gasteiger charge is -2.47. The lowest BCUT2D eigenvalue weighted by Crippen LogP contribution is -2.56. The lowest BCUT2D eigenvalue weighted by molar-refractivity contribution is -0.182. The molecule has 5 rings (SSSR count). The van der Waals surface area contributed by atoms with Crippen molar-refractivity contribution in [1.82, 2.24) is 15.1 Å². The van der Waals surface area contributed by atoms with Crippen molar-refractivity contribution in [1.29, 1.82) is 0 Å². The minimum absolute atomic E-state index is 0.00281. The molecule has 0 radical (unpaired) electrons. The molecule has 1 atom stereocenters. The van der Waals surface area contributed by atoms with Gasteiger partial charge in [0.25, 0.3) is 5.91 Å². The molecule has 2 aromatic carbocycles. The maximum atomic E-state index is 14.8. The predicted octanol–water partition coefficient (Wildman–Crippen LogP) is 3.56. The number of halogens is 1. The van der Waals surface area contributed by atoms with Gasteiger partial charge in [0.15, 0.2) is 0 Å². The van der Waals surface area contributed by atoms with Gasteiger partial charge in [0.05, 0.1) is 17.7 Å². The molecule has 202 valence electrons. The summed E-state index contributed by atoms with van der Waals surface area (Å²) in [5, 5.41) is 2.31. The summed E-state index contributed by atoms with van der Waals surface area (Å²) < 4.78 is 27.0. The molecular weight excluding hydrogens is 489 g/mol. The first-order valence-corrected chi connectivity index (χ1v) is 13.0. The van der Waals surface area contributed by atoms with Gasteiger partial charge in [-0.1, -0.05) is 12.1 Å². The summed E-state index contributed by atoms with van der Waals surface area (Å²) in [6.45, 7) is 10.7. The number of morpholine rings is 1. The van der Waals surface area contributed by atoms with Crippen LogP contribution in [0.2, 0.25) is 0 Å². The standard InChI is InChI=1S/C29H34FN3O5/c1-28(2)16-32(17-29(3,4)38-28)13-18-8-9-22(30)19(12-18)15-37-24-7-5-6-20-21(24)14-33(27(20)36)23-10-11-25(34)31-26(23)35/h5-9,12,23H,10-11,13-17H2,1-4H3,(H,31,34,35)/t23-/m1/s1. The van der Waals surface area contributed by atoms with Crippen LogP contribution in [-0.2, 0) is 34.0 Å². The molecule has 0 saturated carbocycles. The van der Waals surface area contributed by atoms with Gasteiger partial charge >= 0.3 is 0 Å². The fraction of sp³-hybridized carbons (Fsp3) is 0.483. The van der Waals surface area contributed by atoms with E-state index in [2.05, 4.69) is 37.9 Å². The van der Waals surface area contributed by atoms with Crippen molar-refractivity contribution in [2.24, 2.45) is 0 Å². The van der Waals surface area contributed by atoms with Crippen molar-refractivity contribution in [2.75, 3.05) is 13.1 Å². The van der Waals surface area contributed by atoms with Crippen LogP contribution in [0.5, 0.6) is 5.75 Å². The molecule has 0 bridgehead atoms. The minimum atomic E-state index is -0.704. The van der Waals surface area contributed by atoms with Gasteiger partial charge in [-0.2, -0.15) is 0 Å². The van der Waals surface area contributed by atoms with Crippen LogP contribution in [0.3, 0.4) is 0 Å². The maximum Gasteiger partial charge on any atom is 0.255 e. The van der Waals surface area contributed by atoms with Crippen LogP contribution in [0.1, 0.15) is 67.6 Å². The smallest absolute Gasteiger partial charge is 0.255 e. The van der Waals surface area contributed by atoms with Gasteiger partial charge in [-0.3, -0.25) is 24.6 Å². The Hall–Kier alpha value is -3.30. The Kier molecular flexibility index (Phi) is 6.77. The van der Waals surface area contributed by atoms with Gasteiger partial charge in [0.2, 0.25) is 11.8 Å². The highest BCUT2D eigenvalue weighted by molar-refractivity contribution is 6.05. The number of hydrogen-bond donors (Lipinski definition) is 1. The molecule has 0 unspecified atom stereocenters. The molecule has 3 aliphatic rings. The first-order chi connectivity index (χ1) is 17.9. The van der Waals surface area contributed by atoms with Crippen LogP contribution in [0.25, 0.3) is 0 Å². The molecule has 9 heteroatoms. The van der Waals surface area contributed by atoms with Crippen LogP contribution in [0.4, 0.5) is 4.39 Å². The second-order valence-corrected chi connectivity index (χ2v) is 11.7. The van der Waals surface area contributed by atoms with Crippen LogP contribution >= 0.6 is 0 Å². The average Bonchev–Trinajstić information content (AvgIpc) is 3.14. The second-order valence-electron chi connectivity index (χ2n) is 11.7. The van der Waals surface area contributed by atoms with Crippen LogP contribution in [-0.4, -0.2) is 57.9 Å². The zero-order valence-electron chi connectivity index (χ0n) is 22.3. The molecule has 2 fully saturated rings. The number of nitrogens with zero attached hydrogens (tertiary/aromatic N) is 2. The summed E-state index contributed by atoms with van der Waals surface area (Å²) in [5.74, 6) is -0.942. The van der Waals surface area contributed by atoms with Gasteiger partial charge in [-0.05, 0) is 63.9 Å². The zero-order chi connectivity index (χ0) is 27.2. The number of imide groups is 1. The number of amides is 3. The fourth-order valence-electron chi connectivity index (χ4n) is 6.00. The summed E-state index contributed by atoms with van der Waals surface area (Å²) in [6, 6.07) is 9.55. The number of nitrogens with one attached hydrogen (secondary N) is 1. The normalized spacial score (nSPS) is 22.8. The van der Waals surface area contributed by atoms with Gasteiger partial charge < -0.3 is 14.4 Å². The number of rotatable bonds is 6. The van der Waals surface area contributed by atoms with Crippen molar-refractivity contribution < 1.29 is 28.2 Å². The van der Waals surface area contributed by atoms with E-state index in [0.717, 1.165) is 18.7 Å². The molecule has 0 aliphatic carbocycles. The zero-order valence-corrected chi connectivity index (χ0v) is 22.3. The Morgan fingerprint density at radius 1 is 1.08 bits per heavy atom. The summed E-state index contributed by atoms with van der Waals surface area (Å²) in [6.07, 6.45) is 0.477. The number of carbonyl (C=O) groups excluding carboxylic acids is 3. The monoisotopic (exact) mass is 523 g/mol. The third-order valence-electron chi connectivity index (χ3n) is 7.20. The molecule has 3 aliphatic heterocycles. The first kappa shape index (κ1) is 26.3. The molecule has 3 amide bonds. The van der Waals surface area contributed by atoms with Crippen LogP contribution < -0.4 is 10.1 Å². The minimum Gasteiger partial charge on any atom is -0.488 e. The fourth-order valence-corrected chi connectivity index (χ4v) is 6.00. The Bertz CT molecular complexity index is 1270. The van der Waals surface area contributed by atoms with Crippen molar-refractivity contribution in [2.45, 2.75) is 77.5 Å². The molecule has 0 aromatic heterocycles. The number of ether oxygens (including phenoxy) is 2. The van der Waals surface area contributed by atoms with E-state index in [0.29, 0.717) is 29.0 Å².